The first-order valence-electron chi connectivity index (χ1n) is 6.58. The Kier molecular flexibility index (Phi) is 5.21. The zero-order valence-corrected chi connectivity index (χ0v) is 13.2. The number of benzene rings is 1. The van der Waals surface area contributed by atoms with E-state index in [-0.39, 0.29) is 47.1 Å². The van der Waals surface area contributed by atoms with Gasteiger partial charge in [-0.2, -0.15) is 0 Å². The van der Waals surface area contributed by atoms with E-state index in [2.05, 4.69) is 25.9 Å². The van der Waals surface area contributed by atoms with Crippen molar-refractivity contribution in [2.45, 2.75) is 0 Å². The summed E-state index contributed by atoms with van der Waals surface area (Å²) in [6.07, 6.45) is 5.14. The monoisotopic (exact) mass is 347 g/mol. The van der Waals surface area contributed by atoms with Crippen LogP contribution in [0.2, 0.25) is 0 Å². The van der Waals surface area contributed by atoms with Crippen LogP contribution in [0.1, 0.15) is 26.4 Å². The largest absolute Gasteiger partial charge is 1.00 e. The minimum Gasteiger partial charge on any atom is -0.545 e. The number of carboxylic acid groups (broad SMARTS) is 1. The summed E-state index contributed by atoms with van der Waals surface area (Å²) in [7, 11) is 0. The number of nitrogens with one attached hydrogen (secondary N) is 1. The number of amides is 1. The third kappa shape index (κ3) is 3.32. The Morgan fingerprint density at radius 1 is 1.35 bits per heavy atom. The number of hydrogen-bond acceptors (Lipinski definition) is 8. The molecule has 0 aliphatic heterocycles. The number of tetrazole rings is 1. The zero-order chi connectivity index (χ0) is 18.1. The van der Waals surface area contributed by atoms with Crippen molar-refractivity contribution in [3.63, 3.8) is 0 Å². The maximum absolute atomic E-state index is 13.6. The second-order valence-electron chi connectivity index (χ2n) is 4.74. The number of aromatic carboxylic acids is 1. The molecule has 0 unspecified atom stereocenters. The molecule has 0 bridgehead atoms. The zero-order valence-electron chi connectivity index (χ0n) is 13.2. The fourth-order valence-corrected chi connectivity index (χ4v) is 2.02. The number of terminal acetylenes is 1. The van der Waals surface area contributed by atoms with Gasteiger partial charge in [0.15, 0.2) is 5.69 Å². The summed E-state index contributed by atoms with van der Waals surface area (Å²) in [4.78, 5) is 23.5. The smallest absolute Gasteiger partial charge is 0.545 e. The summed E-state index contributed by atoms with van der Waals surface area (Å²) in [6, 6.07) is 2.86. The number of fused-ring (bicyclic) bond motifs is 1. The Morgan fingerprint density at radius 3 is 2.73 bits per heavy atom. The fraction of sp³-hybridized carbons (Fsp3) is 0. The van der Waals surface area contributed by atoms with Crippen LogP contribution >= 0.6 is 0 Å². The average molecular weight is 347 g/mol. The first kappa shape index (κ1) is 18.9. The van der Waals surface area contributed by atoms with Crippen LogP contribution in [0.5, 0.6) is 0 Å². The molecule has 12 heteroatoms. The average Bonchev–Trinajstić information content (AvgIpc) is 3.04. The Balaban J connectivity index is 0.00000243. The van der Waals surface area contributed by atoms with Gasteiger partial charge in [-0.1, -0.05) is 5.92 Å². The number of anilines is 2. The third-order valence-corrected chi connectivity index (χ3v) is 3.17. The molecule has 1 amide bonds. The number of nitrogens with two attached hydrogens (primary N) is 1. The van der Waals surface area contributed by atoms with Crippen molar-refractivity contribution in [3.05, 3.63) is 40.8 Å². The van der Waals surface area contributed by atoms with Gasteiger partial charge in [-0.05, 0) is 28.6 Å². The molecule has 0 atom stereocenters. The van der Waals surface area contributed by atoms with Crippen molar-refractivity contribution < 1.29 is 37.9 Å². The second kappa shape index (κ2) is 7.19. The molecular weight excluding hydrogens is 340 g/mol. The standard InChI is InChI=1S/C14H8FN7O3.Li/c1-2-6-3-10(7(14(24)25)4-8(6)15)17-13(23)11-5-9(16)12-18-20-21-22(12)19-11;/h1,3-5H,16H2,(H,17,23)(H,24,25);/q;+1/p-1. The van der Waals surface area contributed by atoms with Gasteiger partial charge in [0, 0.05) is 5.56 Å². The number of carboxylic acids is 1. The topological polar surface area (TPSA) is 151 Å². The van der Waals surface area contributed by atoms with Gasteiger partial charge in [0.1, 0.15) is 5.82 Å². The van der Waals surface area contributed by atoms with Gasteiger partial charge < -0.3 is 21.0 Å². The van der Waals surface area contributed by atoms with E-state index in [1.54, 1.807) is 0 Å². The van der Waals surface area contributed by atoms with Gasteiger partial charge >= 0.3 is 18.9 Å². The SMILES string of the molecule is C#Cc1cc(NC(=O)c2cc(N)c3nnnn3n2)c(C(=O)[O-])cc1F.[Li+]. The van der Waals surface area contributed by atoms with Crippen LogP contribution in [0.25, 0.3) is 5.65 Å². The molecule has 3 N–H and O–H groups in total. The molecule has 26 heavy (non-hydrogen) atoms. The Morgan fingerprint density at radius 2 is 2.08 bits per heavy atom. The molecule has 0 radical (unpaired) electrons. The van der Waals surface area contributed by atoms with E-state index in [4.69, 9.17) is 12.2 Å². The number of nitrogen functional groups attached to an aromatic ring is 1. The molecule has 0 aliphatic rings. The molecule has 1 aromatic carbocycles. The summed E-state index contributed by atoms with van der Waals surface area (Å²) < 4.78 is 14.6. The number of carbonyl (C=O) groups excluding carboxylic acids is 2. The number of aromatic nitrogens is 5. The van der Waals surface area contributed by atoms with Crippen molar-refractivity contribution in [2.24, 2.45) is 0 Å². The van der Waals surface area contributed by atoms with E-state index in [1.807, 2.05) is 5.92 Å². The number of hydrogen-bond donors (Lipinski definition) is 2. The molecule has 0 saturated carbocycles. The summed E-state index contributed by atoms with van der Waals surface area (Å²) in [5, 5.41) is 27.7. The molecule has 124 valence electrons. The van der Waals surface area contributed by atoms with Gasteiger partial charge in [-0.25, -0.2) is 4.39 Å². The molecule has 0 fully saturated rings. The fourth-order valence-electron chi connectivity index (χ4n) is 2.02. The van der Waals surface area contributed by atoms with Crippen LogP contribution in [-0.4, -0.2) is 37.1 Å². The Hall–Kier alpha value is -3.47. The quantitative estimate of drug-likeness (QED) is 0.358. The van der Waals surface area contributed by atoms with Gasteiger partial charge in [-0.15, -0.1) is 21.3 Å². The first-order chi connectivity index (χ1) is 11.9. The van der Waals surface area contributed by atoms with Crippen LogP contribution < -0.4 is 35.0 Å². The normalized spacial score (nSPS) is 10.0. The number of rotatable bonds is 3. The summed E-state index contributed by atoms with van der Waals surface area (Å²) in [5.74, 6) is -1.42. The molecule has 2 aromatic heterocycles. The molecule has 2 heterocycles. The second-order valence-corrected chi connectivity index (χ2v) is 4.74. The van der Waals surface area contributed by atoms with E-state index >= 15 is 0 Å². The first-order valence-corrected chi connectivity index (χ1v) is 6.58. The van der Waals surface area contributed by atoms with E-state index < -0.39 is 23.3 Å². The van der Waals surface area contributed by atoms with E-state index in [1.165, 1.54) is 6.07 Å². The molecule has 0 aliphatic carbocycles. The minimum atomic E-state index is -1.69. The van der Waals surface area contributed by atoms with Crippen LogP contribution in [0.4, 0.5) is 15.8 Å². The van der Waals surface area contributed by atoms with Crippen molar-refractivity contribution in [1.29, 1.82) is 0 Å². The molecule has 10 nitrogen and oxygen atoms in total. The van der Waals surface area contributed by atoms with Gasteiger partial charge in [0.2, 0.25) is 5.65 Å². The number of carbonyl (C=O) groups is 2. The summed E-state index contributed by atoms with van der Waals surface area (Å²) >= 11 is 0. The molecule has 0 spiro atoms. The van der Waals surface area contributed by atoms with E-state index in [0.717, 1.165) is 10.7 Å². The van der Waals surface area contributed by atoms with Gasteiger partial charge in [0.25, 0.3) is 5.91 Å². The van der Waals surface area contributed by atoms with E-state index in [0.29, 0.717) is 6.07 Å². The van der Waals surface area contributed by atoms with Crippen molar-refractivity contribution >= 4 is 28.9 Å². The third-order valence-electron chi connectivity index (χ3n) is 3.17. The maximum atomic E-state index is 13.6. The van der Waals surface area contributed by atoms with Crippen molar-refractivity contribution in [2.75, 3.05) is 11.1 Å². The van der Waals surface area contributed by atoms with E-state index in [9.17, 15) is 19.1 Å². The van der Waals surface area contributed by atoms with Crippen LogP contribution in [-0.2, 0) is 0 Å². The number of halogens is 1. The Bertz CT molecular complexity index is 1080. The maximum Gasteiger partial charge on any atom is 1.00 e. The minimum absolute atomic E-state index is 0. The van der Waals surface area contributed by atoms with Crippen LogP contribution in [0.3, 0.4) is 0 Å². The van der Waals surface area contributed by atoms with Crippen LogP contribution in [0.15, 0.2) is 18.2 Å². The number of nitrogens with zero attached hydrogens (tertiary/aromatic N) is 5. The molecule has 3 rings (SSSR count). The van der Waals surface area contributed by atoms with Gasteiger partial charge in [-0.3, -0.25) is 4.79 Å². The van der Waals surface area contributed by atoms with Gasteiger partial charge in [0.05, 0.1) is 22.9 Å². The van der Waals surface area contributed by atoms with Crippen molar-refractivity contribution in [1.82, 2.24) is 25.3 Å². The van der Waals surface area contributed by atoms with Crippen LogP contribution in [0, 0.1) is 18.2 Å². The Labute approximate surface area is 156 Å². The molecule has 3 aromatic rings. The summed E-state index contributed by atoms with van der Waals surface area (Å²) in [6.45, 7) is 0. The predicted molar refractivity (Wildman–Crippen MR) is 79.6 cm³/mol. The predicted octanol–water partition coefficient (Wildman–Crippen LogP) is -4.16. The van der Waals surface area contributed by atoms with Crippen molar-refractivity contribution in [3.8, 4) is 12.3 Å². The molecule has 0 saturated heterocycles. The molecular formula is C14H7FLiN7O3. The summed E-state index contributed by atoms with van der Waals surface area (Å²) in [5.41, 5.74) is 4.66.